The Morgan fingerprint density at radius 2 is 1.63 bits per heavy atom. The number of thioether (sulfide) groups is 1. The third-order valence-electron chi connectivity index (χ3n) is 4.92. The van der Waals surface area contributed by atoms with Gasteiger partial charge in [-0.25, -0.2) is 0 Å². The van der Waals surface area contributed by atoms with Crippen LogP contribution in [0.5, 0.6) is 0 Å². The molecule has 30 heavy (non-hydrogen) atoms. The number of nitrogens with zero attached hydrogens (tertiary/aromatic N) is 2. The van der Waals surface area contributed by atoms with Crippen LogP contribution in [0.15, 0.2) is 53.4 Å². The molecule has 1 N–H and O–H groups in total. The summed E-state index contributed by atoms with van der Waals surface area (Å²) < 4.78 is 0. The molecule has 2 amide bonds. The molecule has 0 bridgehead atoms. The van der Waals surface area contributed by atoms with Crippen LogP contribution < -0.4 is 10.2 Å². The highest BCUT2D eigenvalue weighted by Gasteiger charge is 2.21. The molecule has 0 aromatic heterocycles. The maximum absolute atomic E-state index is 12.2. The van der Waals surface area contributed by atoms with Crippen molar-refractivity contribution in [1.29, 1.82) is 0 Å². The Labute approximate surface area is 187 Å². The van der Waals surface area contributed by atoms with Crippen molar-refractivity contribution in [3.8, 4) is 0 Å². The van der Waals surface area contributed by atoms with Crippen molar-refractivity contribution in [2.24, 2.45) is 5.92 Å². The van der Waals surface area contributed by atoms with Gasteiger partial charge in [-0.15, -0.1) is 11.8 Å². The molecule has 3 rings (SSSR count). The predicted octanol–water partition coefficient (Wildman–Crippen LogP) is 4.77. The smallest absolute Gasteiger partial charge is 0.234 e. The van der Waals surface area contributed by atoms with E-state index in [1.54, 1.807) is 0 Å². The Morgan fingerprint density at radius 1 is 1.00 bits per heavy atom. The molecule has 0 atom stereocenters. The van der Waals surface area contributed by atoms with E-state index in [0.717, 1.165) is 42.4 Å². The maximum Gasteiger partial charge on any atom is 0.234 e. The highest BCUT2D eigenvalue weighted by molar-refractivity contribution is 8.00. The number of nitrogens with one attached hydrogen (secondary N) is 1. The minimum absolute atomic E-state index is 0.0417. The third kappa shape index (κ3) is 6.67. The van der Waals surface area contributed by atoms with Crippen LogP contribution in [-0.4, -0.2) is 48.6 Å². The summed E-state index contributed by atoms with van der Waals surface area (Å²) in [7, 11) is 0. The molecule has 0 saturated carbocycles. The summed E-state index contributed by atoms with van der Waals surface area (Å²) in [5.74, 6) is 0.942. The molecule has 1 aliphatic heterocycles. The first-order chi connectivity index (χ1) is 14.4. The third-order valence-corrected chi connectivity index (χ3v) is 6.18. The number of halogens is 1. The first kappa shape index (κ1) is 22.5. The molecule has 0 unspecified atom stereocenters. The molecule has 1 fully saturated rings. The number of anilines is 2. The number of hydrogen-bond acceptors (Lipinski definition) is 4. The van der Waals surface area contributed by atoms with Crippen molar-refractivity contribution in [2.75, 3.05) is 42.1 Å². The summed E-state index contributed by atoms with van der Waals surface area (Å²) in [6, 6.07) is 15.4. The molecule has 0 radical (unpaired) electrons. The van der Waals surface area contributed by atoms with E-state index >= 15 is 0 Å². The molecule has 0 spiro atoms. The van der Waals surface area contributed by atoms with Crippen LogP contribution in [0, 0.1) is 5.92 Å². The van der Waals surface area contributed by atoms with E-state index < -0.39 is 0 Å². The summed E-state index contributed by atoms with van der Waals surface area (Å²) in [6.07, 6.45) is 0.616. The van der Waals surface area contributed by atoms with Crippen LogP contribution >= 0.6 is 23.4 Å². The van der Waals surface area contributed by atoms with E-state index in [2.05, 4.69) is 24.1 Å². The van der Waals surface area contributed by atoms with Gasteiger partial charge in [-0.05, 0) is 54.4 Å². The molecule has 7 heteroatoms. The van der Waals surface area contributed by atoms with Gasteiger partial charge >= 0.3 is 0 Å². The topological polar surface area (TPSA) is 52.7 Å². The Kier molecular flexibility index (Phi) is 8.05. The first-order valence-corrected chi connectivity index (χ1v) is 11.6. The summed E-state index contributed by atoms with van der Waals surface area (Å²) in [4.78, 5) is 29.7. The largest absolute Gasteiger partial charge is 0.368 e. The minimum Gasteiger partial charge on any atom is -0.368 e. The zero-order valence-electron chi connectivity index (χ0n) is 17.4. The van der Waals surface area contributed by atoms with Gasteiger partial charge in [0, 0.05) is 53.9 Å². The van der Waals surface area contributed by atoms with Gasteiger partial charge in [0.05, 0.1) is 5.75 Å². The standard InChI is InChI=1S/C23H28ClN3O2S/c1-17(2)15-23(29)27-13-11-26(12-14-27)20-7-5-19(6-8-20)25-22(28)16-30-21-9-3-18(24)4-10-21/h3-10,17H,11-16H2,1-2H3,(H,25,28). The monoisotopic (exact) mass is 445 g/mol. The van der Waals surface area contributed by atoms with Gasteiger partial charge in [0.2, 0.25) is 11.8 Å². The van der Waals surface area contributed by atoms with E-state index in [4.69, 9.17) is 11.6 Å². The zero-order valence-corrected chi connectivity index (χ0v) is 19.0. The molecular weight excluding hydrogens is 418 g/mol. The number of rotatable bonds is 7. The fraction of sp³-hybridized carbons (Fsp3) is 0.391. The van der Waals surface area contributed by atoms with Crippen LogP contribution in [0.25, 0.3) is 0 Å². The van der Waals surface area contributed by atoms with Crippen molar-refractivity contribution in [1.82, 2.24) is 4.90 Å². The van der Waals surface area contributed by atoms with Crippen molar-refractivity contribution < 1.29 is 9.59 Å². The molecule has 2 aromatic carbocycles. The molecule has 160 valence electrons. The summed E-state index contributed by atoms with van der Waals surface area (Å²) in [5, 5.41) is 3.62. The fourth-order valence-corrected chi connectivity index (χ4v) is 4.15. The Balaban J connectivity index is 1.45. The van der Waals surface area contributed by atoms with Crippen molar-refractivity contribution in [3.63, 3.8) is 0 Å². The van der Waals surface area contributed by atoms with E-state index in [1.165, 1.54) is 11.8 Å². The highest BCUT2D eigenvalue weighted by atomic mass is 35.5. The molecule has 2 aromatic rings. The van der Waals surface area contributed by atoms with Crippen molar-refractivity contribution in [2.45, 2.75) is 25.2 Å². The lowest BCUT2D eigenvalue weighted by Crippen LogP contribution is -2.49. The number of hydrogen-bond donors (Lipinski definition) is 1. The summed E-state index contributed by atoms with van der Waals surface area (Å²) >= 11 is 7.36. The van der Waals surface area contributed by atoms with Crippen LogP contribution in [-0.2, 0) is 9.59 Å². The van der Waals surface area contributed by atoms with Gasteiger partial charge in [0.15, 0.2) is 0 Å². The molecule has 0 aliphatic carbocycles. The average molecular weight is 446 g/mol. The van der Waals surface area contributed by atoms with Crippen LogP contribution in [0.4, 0.5) is 11.4 Å². The average Bonchev–Trinajstić information content (AvgIpc) is 2.73. The molecule has 1 aliphatic rings. The Hall–Kier alpha value is -2.18. The molecule has 5 nitrogen and oxygen atoms in total. The van der Waals surface area contributed by atoms with Gasteiger partial charge < -0.3 is 15.1 Å². The fourth-order valence-electron chi connectivity index (χ4n) is 3.32. The number of benzene rings is 2. The maximum atomic E-state index is 12.2. The lowest BCUT2D eigenvalue weighted by atomic mass is 10.1. The van der Waals surface area contributed by atoms with E-state index in [9.17, 15) is 9.59 Å². The molecule has 1 heterocycles. The minimum atomic E-state index is -0.0417. The lowest BCUT2D eigenvalue weighted by molar-refractivity contribution is -0.132. The van der Waals surface area contributed by atoms with E-state index in [-0.39, 0.29) is 11.8 Å². The first-order valence-electron chi connectivity index (χ1n) is 10.2. The van der Waals surface area contributed by atoms with Crippen molar-refractivity contribution in [3.05, 3.63) is 53.6 Å². The normalized spacial score (nSPS) is 14.1. The lowest BCUT2D eigenvalue weighted by Gasteiger charge is -2.36. The van der Waals surface area contributed by atoms with Gasteiger partial charge in [0.25, 0.3) is 0 Å². The van der Waals surface area contributed by atoms with Gasteiger partial charge in [-0.1, -0.05) is 25.4 Å². The Morgan fingerprint density at radius 3 is 2.23 bits per heavy atom. The number of amides is 2. The van der Waals surface area contributed by atoms with E-state index in [1.807, 2.05) is 53.4 Å². The van der Waals surface area contributed by atoms with Gasteiger partial charge in [-0.3, -0.25) is 9.59 Å². The number of piperazine rings is 1. The quantitative estimate of drug-likeness (QED) is 0.624. The van der Waals surface area contributed by atoms with Crippen LogP contribution in [0.1, 0.15) is 20.3 Å². The van der Waals surface area contributed by atoms with Crippen LogP contribution in [0.3, 0.4) is 0 Å². The predicted molar refractivity (Wildman–Crippen MR) is 125 cm³/mol. The second kappa shape index (κ2) is 10.7. The number of carbonyl (C=O) groups is 2. The van der Waals surface area contributed by atoms with Gasteiger partial charge in [0.1, 0.15) is 0 Å². The zero-order chi connectivity index (χ0) is 21.5. The summed E-state index contributed by atoms with van der Waals surface area (Å²) in [6.45, 7) is 7.31. The van der Waals surface area contributed by atoms with Crippen LogP contribution in [0.2, 0.25) is 5.02 Å². The molecule has 1 saturated heterocycles. The van der Waals surface area contributed by atoms with Gasteiger partial charge in [-0.2, -0.15) is 0 Å². The van der Waals surface area contributed by atoms with E-state index in [0.29, 0.717) is 23.1 Å². The number of carbonyl (C=O) groups excluding carboxylic acids is 2. The summed E-state index contributed by atoms with van der Waals surface area (Å²) in [5.41, 5.74) is 1.89. The second-order valence-electron chi connectivity index (χ2n) is 7.80. The Bertz CT molecular complexity index is 848. The highest BCUT2D eigenvalue weighted by Crippen LogP contribution is 2.22. The second-order valence-corrected chi connectivity index (χ2v) is 9.29. The van der Waals surface area contributed by atoms with Crippen molar-refractivity contribution >= 4 is 46.6 Å². The molecular formula is C23H28ClN3O2S. The SMILES string of the molecule is CC(C)CC(=O)N1CCN(c2ccc(NC(=O)CSc3ccc(Cl)cc3)cc2)CC1.